The summed E-state index contributed by atoms with van der Waals surface area (Å²) in [5.41, 5.74) is 0.259. The van der Waals surface area contributed by atoms with Gasteiger partial charge in [0.05, 0.1) is 15.5 Å². The summed E-state index contributed by atoms with van der Waals surface area (Å²) in [5.74, 6) is -0.982. The molecule has 2 aromatic carbocycles. The summed E-state index contributed by atoms with van der Waals surface area (Å²) < 4.78 is 13.5. The van der Waals surface area contributed by atoms with Crippen LogP contribution in [0.1, 0.15) is 0 Å². The smallest absolute Gasteiger partial charge is 0.258 e. The second-order valence-corrected chi connectivity index (χ2v) is 4.29. The van der Waals surface area contributed by atoms with Gasteiger partial charge in [-0.2, -0.15) is 0 Å². The largest absolute Gasteiger partial charge is 0.298 e. The highest BCUT2D eigenvalue weighted by Gasteiger charge is 2.25. The molecule has 0 saturated carbocycles. The molecule has 92 valence electrons. The van der Waals surface area contributed by atoms with Crippen LogP contribution in [0.25, 0.3) is 11.1 Å². The first kappa shape index (κ1) is 12.8. The van der Waals surface area contributed by atoms with Crippen LogP contribution in [0.4, 0.5) is 10.1 Å². The monoisotopic (exact) mass is 285 g/mol. The third-order valence-corrected chi connectivity index (χ3v) is 3.02. The standard InChI is InChI=1S/C12H6Cl2FNO2/c13-9-6-8(7-4-2-1-3-5-7)12(16(17)18)10(14)11(9)15/h1-6H. The Morgan fingerprint density at radius 2 is 1.78 bits per heavy atom. The van der Waals surface area contributed by atoms with E-state index in [1.165, 1.54) is 6.07 Å². The minimum absolute atomic E-state index is 0.192. The third kappa shape index (κ3) is 2.17. The Kier molecular flexibility index (Phi) is 3.50. The number of nitro benzene ring substituents is 1. The fraction of sp³-hybridized carbons (Fsp3) is 0. The van der Waals surface area contributed by atoms with Crippen molar-refractivity contribution in [3.63, 3.8) is 0 Å². The highest BCUT2D eigenvalue weighted by molar-refractivity contribution is 6.37. The zero-order valence-corrected chi connectivity index (χ0v) is 10.4. The van der Waals surface area contributed by atoms with Crippen LogP contribution in [0, 0.1) is 15.9 Å². The number of hydrogen-bond acceptors (Lipinski definition) is 2. The van der Waals surface area contributed by atoms with E-state index in [-0.39, 0.29) is 10.6 Å². The van der Waals surface area contributed by atoms with Gasteiger partial charge in [-0.1, -0.05) is 53.5 Å². The maximum absolute atomic E-state index is 13.5. The van der Waals surface area contributed by atoms with Gasteiger partial charge in [-0.15, -0.1) is 0 Å². The zero-order valence-electron chi connectivity index (χ0n) is 8.86. The van der Waals surface area contributed by atoms with Gasteiger partial charge in [-0.05, 0) is 11.6 Å². The molecule has 0 aromatic heterocycles. The van der Waals surface area contributed by atoms with E-state index in [0.29, 0.717) is 5.56 Å². The molecule has 0 heterocycles. The molecule has 18 heavy (non-hydrogen) atoms. The molecule has 2 aromatic rings. The summed E-state index contributed by atoms with van der Waals surface area (Å²) in [6.07, 6.45) is 0. The fourth-order valence-electron chi connectivity index (χ4n) is 1.60. The number of rotatable bonds is 2. The summed E-state index contributed by atoms with van der Waals surface area (Å²) in [7, 11) is 0. The predicted molar refractivity (Wildman–Crippen MR) is 68.5 cm³/mol. The normalized spacial score (nSPS) is 10.4. The topological polar surface area (TPSA) is 43.1 Å². The summed E-state index contributed by atoms with van der Waals surface area (Å²) in [4.78, 5) is 10.3. The molecule has 0 aliphatic heterocycles. The number of hydrogen-bond donors (Lipinski definition) is 0. The molecule has 0 N–H and O–H groups in total. The van der Waals surface area contributed by atoms with Crippen LogP contribution < -0.4 is 0 Å². The summed E-state index contributed by atoms with van der Waals surface area (Å²) in [5, 5.41) is 10.2. The van der Waals surface area contributed by atoms with E-state index in [1.54, 1.807) is 30.3 Å². The Bertz CT molecular complexity index is 617. The van der Waals surface area contributed by atoms with Crippen LogP contribution in [-0.2, 0) is 0 Å². The lowest BCUT2D eigenvalue weighted by molar-refractivity contribution is -0.384. The van der Waals surface area contributed by atoms with Crippen LogP contribution in [-0.4, -0.2) is 4.92 Å². The van der Waals surface area contributed by atoms with Crippen molar-refractivity contribution in [2.24, 2.45) is 0 Å². The molecule has 0 atom stereocenters. The molecule has 0 aliphatic rings. The fourth-order valence-corrected chi connectivity index (χ4v) is 2.13. The van der Waals surface area contributed by atoms with Crippen molar-refractivity contribution in [1.82, 2.24) is 0 Å². The van der Waals surface area contributed by atoms with Gasteiger partial charge in [-0.3, -0.25) is 10.1 Å². The summed E-state index contributed by atoms with van der Waals surface area (Å²) in [6.45, 7) is 0. The average molecular weight is 286 g/mol. The van der Waals surface area contributed by atoms with E-state index >= 15 is 0 Å². The number of nitro groups is 1. The van der Waals surface area contributed by atoms with Gasteiger partial charge in [0, 0.05) is 0 Å². The quantitative estimate of drug-likeness (QED) is 0.456. The van der Waals surface area contributed by atoms with Crippen LogP contribution in [0.2, 0.25) is 10.0 Å². The second kappa shape index (κ2) is 4.92. The highest BCUT2D eigenvalue weighted by atomic mass is 35.5. The van der Waals surface area contributed by atoms with Crippen LogP contribution in [0.3, 0.4) is 0 Å². The Balaban J connectivity index is 2.78. The first-order valence-electron chi connectivity index (χ1n) is 4.89. The molecule has 0 amide bonds. The molecule has 0 aliphatic carbocycles. The Hall–Kier alpha value is -1.65. The molecule has 0 radical (unpaired) electrons. The van der Waals surface area contributed by atoms with Gasteiger partial charge in [0.25, 0.3) is 5.69 Å². The molecule has 2 rings (SSSR count). The minimum Gasteiger partial charge on any atom is -0.258 e. The van der Waals surface area contributed by atoms with E-state index in [0.717, 1.165) is 0 Å². The van der Waals surface area contributed by atoms with E-state index in [9.17, 15) is 14.5 Å². The molecule has 0 spiro atoms. The van der Waals surface area contributed by atoms with Gasteiger partial charge in [0.1, 0.15) is 0 Å². The molecular weight excluding hydrogens is 280 g/mol. The van der Waals surface area contributed by atoms with Gasteiger partial charge < -0.3 is 0 Å². The first-order chi connectivity index (χ1) is 8.52. The van der Waals surface area contributed by atoms with Crippen molar-refractivity contribution in [3.8, 4) is 11.1 Å². The Morgan fingerprint density at radius 3 is 2.33 bits per heavy atom. The van der Waals surface area contributed by atoms with Crippen molar-refractivity contribution in [3.05, 3.63) is 62.4 Å². The van der Waals surface area contributed by atoms with Crippen molar-refractivity contribution < 1.29 is 9.31 Å². The van der Waals surface area contributed by atoms with Gasteiger partial charge in [0.15, 0.2) is 10.8 Å². The molecule has 0 fully saturated rings. The maximum Gasteiger partial charge on any atom is 0.298 e. The van der Waals surface area contributed by atoms with Crippen molar-refractivity contribution >= 4 is 28.9 Å². The van der Waals surface area contributed by atoms with Crippen molar-refractivity contribution in [2.45, 2.75) is 0 Å². The zero-order chi connectivity index (χ0) is 13.3. The minimum atomic E-state index is -0.982. The Labute approximate surface area is 112 Å². The van der Waals surface area contributed by atoms with Gasteiger partial charge in [-0.25, -0.2) is 4.39 Å². The number of nitrogens with zero attached hydrogens (tertiary/aromatic N) is 1. The van der Waals surface area contributed by atoms with E-state index in [2.05, 4.69) is 0 Å². The lowest BCUT2D eigenvalue weighted by Gasteiger charge is -2.06. The molecule has 0 saturated heterocycles. The highest BCUT2D eigenvalue weighted by Crippen LogP contribution is 2.40. The molecule has 0 bridgehead atoms. The van der Waals surface area contributed by atoms with Crippen molar-refractivity contribution in [2.75, 3.05) is 0 Å². The average Bonchev–Trinajstić information content (AvgIpc) is 2.36. The molecule has 0 unspecified atom stereocenters. The lowest BCUT2D eigenvalue weighted by atomic mass is 10.0. The van der Waals surface area contributed by atoms with E-state index in [1.807, 2.05) is 0 Å². The molecule has 3 nitrogen and oxygen atoms in total. The molecular formula is C12H6Cl2FNO2. The Morgan fingerprint density at radius 1 is 1.17 bits per heavy atom. The summed E-state index contributed by atoms with van der Waals surface area (Å²) >= 11 is 11.3. The van der Waals surface area contributed by atoms with Crippen LogP contribution in [0.5, 0.6) is 0 Å². The number of halogens is 3. The van der Waals surface area contributed by atoms with Crippen LogP contribution in [0.15, 0.2) is 36.4 Å². The maximum atomic E-state index is 13.5. The second-order valence-electron chi connectivity index (χ2n) is 3.51. The number of benzene rings is 2. The van der Waals surface area contributed by atoms with Gasteiger partial charge in [0.2, 0.25) is 0 Å². The predicted octanol–water partition coefficient (Wildman–Crippen LogP) is 4.71. The van der Waals surface area contributed by atoms with Crippen LogP contribution >= 0.6 is 23.2 Å². The molecule has 6 heteroatoms. The third-order valence-electron chi connectivity index (χ3n) is 2.40. The first-order valence-corrected chi connectivity index (χ1v) is 5.65. The van der Waals surface area contributed by atoms with Crippen molar-refractivity contribution in [1.29, 1.82) is 0 Å². The SMILES string of the molecule is O=[N+]([O-])c1c(-c2ccccc2)cc(Cl)c(F)c1Cl. The summed E-state index contributed by atoms with van der Waals surface area (Å²) in [6, 6.07) is 9.71. The van der Waals surface area contributed by atoms with E-state index in [4.69, 9.17) is 23.2 Å². The lowest BCUT2D eigenvalue weighted by Crippen LogP contribution is -1.96. The van der Waals surface area contributed by atoms with E-state index < -0.39 is 21.5 Å². The van der Waals surface area contributed by atoms with Gasteiger partial charge >= 0.3 is 0 Å².